The van der Waals surface area contributed by atoms with E-state index < -0.39 is 11.7 Å². The number of hydrogen-bond acceptors (Lipinski definition) is 3. The van der Waals surface area contributed by atoms with Gasteiger partial charge in [-0.25, -0.2) is 4.68 Å². The van der Waals surface area contributed by atoms with E-state index in [2.05, 4.69) is 11.4 Å². The van der Waals surface area contributed by atoms with Gasteiger partial charge in [-0.05, 0) is 43.5 Å². The quantitative estimate of drug-likeness (QED) is 0.665. The van der Waals surface area contributed by atoms with Crippen LogP contribution in [0.25, 0.3) is 16.9 Å². The van der Waals surface area contributed by atoms with Crippen LogP contribution < -0.4 is 5.32 Å². The van der Waals surface area contributed by atoms with Crippen LogP contribution in [-0.2, 0) is 12.6 Å². The number of rotatable bonds is 2. The first kappa shape index (κ1) is 18.1. The van der Waals surface area contributed by atoms with E-state index in [9.17, 15) is 18.4 Å². The molecule has 0 saturated carbocycles. The zero-order valence-corrected chi connectivity index (χ0v) is 14.9. The standard InChI is InChI=1S/C21H17F3N4/c22-21(23,24)16-10-8-14(9-11-16)19-17-6-3-4-12-26-20(17)28(27-19)18-7-2-1-5-15(18)13-25/h1-2,5,7-11,26H,3-4,6,12H2. The molecule has 0 fully saturated rings. The van der Waals surface area contributed by atoms with Gasteiger partial charge in [0.2, 0.25) is 0 Å². The van der Waals surface area contributed by atoms with Crippen molar-refractivity contribution in [3.8, 4) is 23.0 Å². The summed E-state index contributed by atoms with van der Waals surface area (Å²) >= 11 is 0. The number of hydrogen-bond donors (Lipinski definition) is 1. The third-order valence-corrected chi connectivity index (χ3v) is 4.87. The van der Waals surface area contributed by atoms with E-state index in [0.29, 0.717) is 22.5 Å². The zero-order valence-electron chi connectivity index (χ0n) is 14.9. The van der Waals surface area contributed by atoms with Crippen LogP contribution in [0, 0.1) is 11.3 Å². The highest BCUT2D eigenvalue weighted by Crippen LogP contribution is 2.36. The summed E-state index contributed by atoms with van der Waals surface area (Å²) in [7, 11) is 0. The highest BCUT2D eigenvalue weighted by atomic mass is 19.4. The van der Waals surface area contributed by atoms with Gasteiger partial charge in [0.15, 0.2) is 0 Å². The molecule has 28 heavy (non-hydrogen) atoms. The molecule has 0 amide bonds. The van der Waals surface area contributed by atoms with Crippen molar-refractivity contribution in [1.82, 2.24) is 9.78 Å². The van der Waals surface area contributed by atoms with Gasteiger partial charge in [0.25, 0.3) is 0 Å². The minimum Gasteiger partial charge on any atom is -0.370 e. The fourth-order valence-corrected chi connectivity index (χ4v) is 3.48. The summed E-state index contributed by atoms with van der Waals surface area (Å²) in [6.07, 6.45) is -1.66. The maximum atomic E-state index is 12.9. The average Bonchev–Trinajstić information content (AvgIpc) is 2.88. The second-order valence-electron chi connectivity index (χ2n) is 6.68. The van der Waals surface area contributed by atoms with Crippen molar-refractivity contribution in [2.45, 2.75) is 25.4 Å². The van der Waals surface area contributed by atoms with Crippen LogP contribution in [0.15, 0.2) is 48.5 Å². The first-order chi connectivity index (χ1) is 13.5. The molecule has 0 aliphatic carbocycles. The van der Waals surface area contributed by atoms with Gasteiger partial charge in [-0.2, -0.15) is 23.5 Å². The molecule has 0 atom stereocenters. The van der Waals surface area contributed by atoms with Crippen LogP contribution in [0.5, 0.6) is 0 Å². The molecule has 142 valence electrons. The predicted molar refractivity (Wildman–Crippen MR) is 100 cm³/mol. The fourth-order valence-electron chi connectivity index (χ4n) is 3.48. The second-order valence-corrected chi connectivity index (χ2v) is 6.68. The Balaban J connectivity index is 1.87. The number of benzene rings is 2. The predicted octanol–water partition coefficient (Wildman–Crippen LogP) is 5.18. The Bertz CT molecular complexity index is 1040. The molecule has 0 spiro atoms. The zero-order chi connectivity index (χ0) is 19.7. The highest BCUT2D eigenvalue weighted by molar-refractivity contribution is 5.72. The van der Waals surface area contributed by atoms with Crippen LogP contribution >= 0.6 is 0 Å². The Hall–Kier alpha value is -3.27. The van der Waals surface area contributed by atoms with Crippen molar-refractivity contribution < 1.29 is 13.2 Å². The smallest absolute Gasteiger partial charge is 0.370 e. The number of fused-ring (bicyclic) bond motifs is 1. The van der Waals surface area contributed by atoms with Crippen LogP contribution in [-0.4, -0.2) is 16.3 Å². The van der Waals surface area contributed by atoms with E-state index in [4.69, 9.17) is 5.10 Å². The largest absolute Gasteiger partial charge is 0.416 e. The molecule has 0 bridgehead atoms. The lowest BCUT2D eigenvalue weighted by molar-refractivity contribution is -0.137. The fraction of sp³-hybridized carbons (Fsp3) is 0.238. The molecular formula is C21H17F3N4. The molecule has 1 aromatic heterocycles. The van der Waals surface area contributed by atoms with Crippen LogP contribution in [0.2, 0.25) is 0 Å². The summed E-state index contributed by atoms with van der Waals surface area (Å²) in [5.41, 5.74) is 2.68. The molecule has 1 aliphatic rings. The van der Waals surface area contributed by atoms with Gasteiger partial charge < -0.3 is 5.32 Å². The lowest BCUT2D eigenvalue weighted by atomic mass is 10.0. The lowest BCUT2D eigenvalue weighted by Gasteiger charge is -2.10. The molecule has 7 heteroatoms. The Morgan fingerprint density at radius 2 is 1.79 bits per heavy atom. The van der Waals surface area contributed by atoms with E-state index in [1.807, 2.05) is 12.1 Å². The highest BCUT2D eigenvalue weighted by Gasteiger charge is 2.30. The molecular weight excluding hydrogens is 365 g/mol. The summed E-state index contributed by atoms with van der Waals surface area (Å²) in [5.74, 6) is 0.801. The maximum Gasteiger partial charge on any atom is 0.416 e. The summed E-state index contributed by atoms with van der Waals surface area (Å²) in [6, 6.07) is 14.4. The number of nitrogens with one attached hydrogen (secondary N) is 1. The van der Waals surface area contributed by atoms with Gasteiger partial charge in [-0.1, -0.05) is 24.3 Å². The SMILES string of the molecule is N#Cc1ccccc1-n1nc(-c2ccc(C(F)(F)F)cc2)c2c1NCCCC2. The van der Waals surface area contributed by atoms with E-state index in [0.717, 1.165) is 49.3 Å². The van der Waals surface area contributed by atoms with Gasteiger partial charge in [-0.15, -0.1) is 0 Å². The van der Waals surface area contributed by atoms with Crippen molar-refractivity contribution in [1.29, 1.82) is 5.26 Å². The molecule has 2 aromatic carbocycles. The molecule has 1 aliphatic heterocycles. The van der Waals surface area contributed by atoms with Gasteiger partial charge in [0.1, 0.15) is 11.9 Å². The number of nitrogens with zero attached hydrogens (tertiary/aromatic N) is 3. The number of nitriles is 1. The minimum absolute atomic E-state index is 0.484. The minimum atomic E-state index is -4.37. The Morgan fingerprint density at radius 1 is 1.04 bits per heavy atom. The van der Waals surface area contributed by atoms with Gasteiger partial charge >= 0.3 is 6.18 Å². The van der Waals surface area contributed by atoms with E-state index in [1.54, 1.807) is 16.8 Å². The van der Waals surface area contributed by atoms with Gasteiger partial charge in [-0.3, -0.25) is 0 Å². The first-order valence-corrected chi connectivity index (χ1v) is 9.02. The molecule has 0 radical (unpaired) electrons. The third-order valence-electron chi connectivity index (χ3n) is 4.87. The van der Waals surface area contributed by atoms with E-state index in [-0.39, 0.29) is 0 Å². The van der Waals surface area contributed by atoms with E-state index in [1.165, 1.54) is 12.1 Å². The topological polar surface area (TPSA) is 53.6 Å². The number of aromatic nitrogens is 2. The van der Waals surface area contributed by atoms with Crippen LogP contribution in [0.3, 0.4) is 0 Å². The average molecular weight is 382 g/mol. The summed E-state index contributed by atoms with van der Waals surface area (Å²) in [6.45, 7) is 0.778. The normalized spacial score (nSPS) is 13.9. The number of anilines is 1. The molecule has 3 aromatic rings. The van der Waals surface area contributed by atoms with Crippen molar-refractivity contribution in [3.63, 3.8) is 0 Å². The summed E-state index contributed by atoms with van der Waals surface area (Å²) < 4.78 is 40.4. The summed E-state index contributed by atoms with van der Waals surface area (Å²) in [5, 5.41) is 17.5. The van der Waals surface area contributed by atoms with Gasteiger partial charge in [0, 0.05) is 17.7 Å². The Kier molecular flexibility index (Phi) is 4.55. The van der Waals surface area contributed by atoms with Crippen molar-refractivity contribution in [2.24, 2.45) is 0 Å². The molecule has 2 heterocycles. The second kappa shape index (κ2) is 7.04. The lowest BCUT2D eigenvalue weighted by Crippen LogP contribution is -2.08. The Labute approximate surface area is 160 Å². The molecule has 4 nitrogen and oxygen atoms in total. The van der Waals surface area contributed by atoms with Crippen molar-refractivity contribution in [2.75, 3.05) is 11.9 Å². The molecule has 1 N–H and O–H groups in total. The number of para-hydroxylation sites is 1. The number of halogens is 3. The van der Waals surface area contributed by atoms with Crippen molar-refractivity contribution >= 4 is 5.82 Å². The Morgan fingerprint density at radius 3 is 2.50 bits per heavy atom. The third kappa shape index (κ3) is 3.22. The first-order valence-electron chi connectivity index (χ1n) is 9.02. The molecule has 0 unspecified atom stereocenters. The molecule has 0 saturated heterocycles. The number of alkyl halides is 3. The van der Waals surface area contributed by atoms with Gasteiger partial charge in [0.05, 0.1) is 22.5 Å². The molecule has 4 rings (SSSR count). The van der Waals surface area contributed by atoms with Crippen molar-refractivity contribution in [3.05, 3.63) is 65.2 Å². The van der Waals surface area contributed by atoms with Crippen LogP contribution in [0.1, 0.15) is 29.5 Å². The summed E-state index contributed by atoms with van der Waals surface area (Å²) in [4.78, 5) is 0. The van der Waals surface area contributed by atoms with E-state index >= 15 is 0 Å². The monoisotopic (exact) mass is 382 g/mol. The maximum absolute atomic E-state index is 12.9. The van der Waals surface area contributed by atoms with Crippen LogP contribution in [0.4, 0.5) is 19.0 Å².